The first-order chi connectivity index (χ1) is 12.5. The molecular weight excluding hydrogens is 328 g/mol. The molecule has 3 heterocycles. The molecule has 1 atom stereocenters. The maximum atomic E-state index is 12.9. The summed E-state index contributed by atoms with van der Waals surface area (Å²) in [6.45, 7) is 5.27. The van der Waals surface area contributed by atoms with Gasteiger partial charge < -0.3 is 10.2 Å². The number of fused-ring (bicyclic) bond motifs is 1. The molecule has 4 rings (SSSR count). The van der Waals surface area contributed by atoms with Crippen molar-refractivity contribution in [3.8, 4) is 0 Å². The van der Waals surface area contributed by atoms with E-state index in [-0.39, 0.29) is 23.4 Å². The smallest absolute Gasteiger partial charge is 0.257 e. The third kappa shape index (κ3) is 2.89. The van der Waals surface area contributed by atoms with Crippen molar-refractivity contribution in [2.24, 2.45) is 0 Å². The first-order valence-electron chi connectivity index (χ1n) is 9.21. The fraction of sp³-hybridized carbons (Fsp3) is 0.450. The molecule has 6 nitrogen and oxygen atoms in total. The lowest BCUT2D eigenvalue weighted by Gasteiger charge is -2.28. The fourth-order valence-corrected chi connectivity index (χ4v) is 3.97. The van der Waals surface area contributed by atoms with Gasteiger partial charge in [-0.25, -0.2) is 0 Å². The minimum atomic E-state index is -0.334. The Morgan fingerprint density at radius 3 is 2.85 bits per heavy atom. The molecule has 1 unspecified atom stereocenters. The number of hydrogen-bond donors (Lipinski definition) is 1. The Bertz CT molecular complexity index is 857. The van der Waals surface area contributed by atoms with Crippen LogP contribution in [0.25, 0.3) is 0 Å². The molecule has 26 heavy (non-hydrogen) atoms. The molecule has 1 aromatic carbocycles. The first kappa shape index (κ1) is 16.8. The number of amides is 2. The highest BCUT2D eigenvalue weighted by Gasteiger charge is 2.42. The average molecular weight is 352 g/mol. The van der Waals surface area contributed by atoms with E-state index in [0.717, 1.165) is 30.4 Å². The van der Waals surface area contributed by atoms with Crippen LogP contribution < -0.4 is 5.32 Å². The van der Waals surface area contributed by atoms with Gasteiger partial charge in [0.15, 0.2) is 0 Å². The molecule has 2 aliphatic heterocycles. The van der Waals surface area contributed by atoms with Crippen molar-refractivity contribution in [3.63, 3.8) is 0 Å². The second-order valence-electron chi connectivity index (χ2n) is 7.67. The highest BCUT2D eigenvalue weighted by atomic mass is 16.2. The lowest BCUT2D eigenvalue weighted by atomic mass is 9.91. The third-order valence-electron chi connectivity index (χ3n) is 5.53. The normalized spacial score (nSPS) is 22.4. The fourth-order valence-electron chi connectivity index (χ4n) is 3.97. The van der Waals surface area contributed by atoms with E-state index in [1.54, 1.807) is 17.1 Å². The number of likely N-dealkylation sites (tertiary alicyclic amines) is 1. The Hall–Kier alpha value is -2.63. The highest BCUT2D eigenvalue weighted by Crippen LogP contribution is 2.31. The van der Waals surface area contributed by atoms with Gasteiger partial charge in [0.1, 0.15) is 0 Å². The van der Waals surface area contributed by atoms with Crippen molar-refractivity contribution in [2.75, 3.05) is 13.1 Å². The Labute approximate surface area is 153 Å². The summed E-state index contributed by atoms with van der Waals surface area (Å²) in [7, 11) is 0. The van der Waals surface area contributed by atoms with E-state index in [2.05, 4.69) is 10.4 Å². The summed E-state index contributed by atoms with van der Waals surface area (Å²) in [5, 5.41) is 7.48. The van der Waals surface area contributed by atoms with Crippen molar-refractivity contribution in [1.29, 1.82) is 0 Å². The molecule has 1 fully saturated rings. The maximum absolute atomic E-state index is 12.9. The van der Waals surface area contributed by atoms with Gasteiger partial charge >= 0.3 is 0 Å². The summed E-state index contributed by atoms with van der Waals surface area (Å²) in [5.41, 5.74) is 2.12. The largest absolute Gasteiger partial charge is 0.345 e. The van der Waals surface area contributed by atoms with E-state index >= 15 is 0 Å². The molecule has 1 saturated heterocycles. The molecule has 136 valence electrons. The predicted octanol–water partition coefficient (Wildman–Crippen LogP) is 2.42. The summed E-state index contributed by atoms with van der Waals surface area (Å²) >= 11 is 0. The number of benzene rings is 1. The van der Waals surface area contributed by atoms with Gasteiger partial charge in [0, 0.05) is 30.9 Å². The predicted molar refractivity (Wildman–Crippen MR) is 98.1 cm³/mol. The Kier molecular flexibility index (Phi) is 4.05. The quantitative estimate of drug-likeness (QED) is 0.903. The van der Waals surface area contributed by atoms with E-state index in [0.29, 0.717) is 18.7 Å². The second kappa shape index (κ2) is 6.27. The van der Waals surface area contributed by atoms with Gasteiger partial charge in [0.2, 0.25) is 0 Å². The minimum absolute atomic E-state index is 0.00946. The number of rotatable bonds is 2. The van der Waals surface area contributed by atoms with Crippen molar-refractivity contribution >= 4 is 11.8 Å². The van der Waals surface area contributed by atoms with Crippen LogP contribution in [0, 0.1) is 0 Å². The number of carbonyl (C=O) groups is 2. The number of hydrogen-bond acceptors (Lipinski definition) is 3. The molecule has 2 aromatic rings. The van der Waals surface area contributed by atoms with Crippen LogP contribution in [0.3, 0.4) is 0 Å². The molecular formula is C20H24N4O2. The number of aromatic nitrogens is 2. The topological polar surface area (TPSA) is 67.2 Å². The highest BCUT2D eigenvalue weighted by molar-refractivity contribution is 5.97. The maximum Gasteiger partial charge on any atom is 0.257 e. The molecule has 6 heteroatoms. The van der Waals surface area contributed by atoms with Crippen LogP contribution in [-0.4, -0.2) is 45.1 Å². The zero-order chi connectivity index (χ0) is 18.3. The van der Waals surface area contributed by atoms with Gasteiger partial charge in [0.25, 0.3) is 11.8 Å². The van der Waals surface area contributed by atoms with Crippen molar-refractivity contribution in [2.45, 2.75) is 44.7 Å². The van der Waals surface area contributed by atoms with Crippen LogP contribution in [0.1, 0.15) is 59.0 Å². The van der Waals surface area contributed by atoms with Gasteiger partial charge in [-0.3, -0.25) is 14.3 Å². The lowest BCUT2D eigenvalue weighted by Crippen LogP contribution is -2.50. The first-order valence-corrected chi connectivity index (χ1v) is 9.21. The van der Waals surface area contributed by atoms with Crippen molar-refractivity contribution in [3.05, 3.63) is 53.3 Å². The van der Waals surface area contributed by atoms with E-state index in [1.807, 2.05) is 43.0 Å². The Balaban J connectivity index is 1.51. The lowest BCUT2D eigenvalue weighted by molar-refractivity contribution is 0.0764. The molecule has 2 aliphatic rings. The SMILES string of the molecule is CC(C)n1cc(C(=O)N2CCC3(CCc4ccccc4C(=O)N3)C2)cn1. The monoisotopic (exact) mass is 352 g/mol. The van der Waals surface area contributed by atoms with Crippen LogP contribution in [-0.2, 0) is 6.42 Å². The molecule has 0 radical (unpaired) electrons. The molecule has 1 N–H and O–H groups in total. The van der Waals surface area contributed by atoms with Gasteiger partial charge in [-0.2, -0.15) is 5.10 Å². The van der Waals surface area contributed by atoms with Gasteiger partial charge in [-0.1, -0.05) is 18.2 Å². The van der Waals surface area contributed by atoms with Gasteiger partial charge in [-0.05, 0) is 44.7 Å². The molecule has 1 spiro atoms. The van der Waals surface area contributed by atoms with E-state index < -0.39 is 0 Å². The van der Waals surface area contributed by atoms with Crippen LogP contribution in [0.15, 0.2) is 36.7 Å². The van der Waals surface area contributed by atoms with Crippen molar-refractivity contribution in [1.82, 2.24) is 20.0 Å². The van der Waals surface area contributed by atoms with Gasteiger partial charge in [-0.15, -0.1) is 0 Å². The molecule has 2 amide bonds. The molecule has 0 aliphatic carbocycles. The van der Waals surface area contributed by atoms with E-state index in [9.17, 15) is 9.59 Å². The standard InChI is InChI=1S/C20H24N4O2/c1-14(2)24-12-16(11-21-24)19(26)23-10-9-20(13-23)8-7-15-5-3-4-6-17(15)18(25)22-20/h3-6,11-12,14H,7-10,13H2,1-2H3,(H,22,25). The number of nitrogens with one attached hydrogen (secondary N) is 1. The number of aryl methyl sites for hydroxylation is 1. The van der Waals surface area contributed by atoms with Crippen LogP contribution in [0.2, 0.25) is 0 Å². The van der Waals surface area contributed by atoms with Crippen LogP contribution in [0.4, 0.5) is 0 Å². The zero-order valence-electron chi connectivity index (χ0n) is 15.2. The summed E-state index contributed by atoms with van der Waals surface area (Å²) in [6, 6.07) is 7.99. The average Bonchev–Trinajstić information content (AvgIpc) is 3.25. The Morgan fingerprint density at radius 2 is 2.08 bits per heavy atom. The van der Waals surface area contributed by atoms with Crippen molar-refractivity contribution < 1.29 is 9.59 Å². The summed E-state index contributed by atoms with van der Waals surface area (Å²) < 4.78 is 1.79. The molecule has 0 bridgehead atoms. The second-order valence-corrected chi connectivity index (χ2v) is 7.67. The summed E-state index contributed by atoms with van der Waals surface area (Å²) in [6.07, 6.45) is 5.93. The van der Waals surface area contributed by atoms with Crippen LogP contribution >= 0.6 is 0 Å². The van der Waals surface area contributed by atoms with Crippen LogP contribution in [0.5, 0.6) is 0 Å². The minimum Gasteiger partial charge on any atom is -0.345 e. The number of nitrogens with zero attached hydrogens (tertiary/aromatic N) is 3. The van der Waals surface area contributed by atoms with E-state index in [1.165, 1.54) is 0 Å². The third-order valence-corrected chi connectivity index (χ3v) is 5.53. The Morgan fingerprint density at radius 1 is 1.27 bits per heavy atom. The number of carbonyl (C=O) groups excluding carboxylic acids is 2. The summed E-state index contributed by atoms with van der Waals surface area (Å²) in [4.78, 5) is 27.4. The van der Waals surface area contributed by atoms with E-state index in [4.69, 9.17) is 0 Å². The van der Waals surface area contributed by atoms with Gasteiger partial charge in [0.05, 0.1) is 17.3 Å². The zero-order valence-corrected chi connectivity index (χ0v) is 15.2. The summed E-state index contributed by atoms with van der Waals surface area (Å²) in [5.74, 6) is -0.0372. The molecule has 1 aromatic heterocycles. The molecule has 0 saturated carbocycles.